The first-order valence-corrected chi connectivity index (χ1v) is 29.0. The quantitative estimate of drug-likeness (QED) is 0.0858. The predicted octanol–water partition coefficient (Wildman–Crippen LogP) is 6.71. The Labute approximate surface area is 481 Å². The Hall–Kier alpha value is -5.55. The standard InChI is InChI=1S/C17H22BrN3O3.C17H21N3O3.C14H17BrN2O2.C4H12N2.C3H6ClNO/c1-3-24-17(23)20-8-7-14-12(9-20)11-5-4-6-13(18)16(11)21(14)10-15(22)19-2;1-3-23-17(22)19-8-7-13-12(9-19)11-5-4-6-14-16(11)20(13)10-15(21)18(14)2;1-2-19-14(18)17-7-6-12-10(8-17)9-4-3-5-11(15)13(9)16-12;1-5-3-4-6-2;1-5-3(6)2-4/h4-6,12,14H,3,7-10H2,1-2H3,(H,19,22);4-6,12-13H,3,7-10H2,1-2H3;3-5,10,12,16H,2,6-8H2,1H3;5-6H,3-4H2,1-2H3;2H2,1H3,(H,5,6)/t12-,14-;12-,13-;10-,12-;;/m000../s1. The molecule has 23 heteroatoms. The van der Waals surface area contributed by atoms with Gasteiger partial charge in [0.2, 0.25) is 17.7 Å². The van der Waals surface area contributed by atoms with Crippen LogP contribution in [0, 0.1) is 0 Å². The van der Waals surface area contributed by atoms with Crippen LogP contribution in [-0.4, -0.2) is 195 Å². The summed E-state index contributed by atoms with van der Waals surface area (Å²) in [6.45, 7) is 13.7. The molecule has 3 saturated heterocycles. The summed E-state index contributed by atoms with van der Waals surface area (Å²) < 4.78 is 17.5. The number of nitrogens with zero attached hydrogens (tertiary/aromatic N) is 6. The molecule has 3 aromatic carbocycles. The molecule has 6 amide bonds. The molecule has 7 aliphatic rings. The van der Waals surface area contributed by atoms with E-state index in [2.05, 4.69) is 92.5 Å². The lowest BCUT2D eigenvalue weighted by Gasteiger charge is -2.40. The van der Waals surface area contributed by atoms with Crippen LogP contribution >= 0.6 is 43.5 Å². The van der Waals surface area contributed by atoms with Crippen LogP contribution in [0.5, 0.6) is 0 Å². The molecule has 3 fully saturated rings. The second kappa shape index (κ2) is 29.6. The summed E-state index contributed by atoms with van der Waals surface area (Å²) in [6.07, 6.45) is 1.98. The number of nitrogens with one attached hydrogen (secondary N) is 5. The van der Waals surface area contributed by atoms with Crippen molar-refractivity contribution >= 4 is 102 Å². The van der Waals surface area contributed by atoms with Crippen LogP contribution < -0.4 is 41.3 Å². The van der Waals surface area contributed by atoms with E-state index in [4.69, 9.17) is 25.8 Å². The number of ether oxygens (including phenoxy) is 3. The lowest BCUT2D eigenvalue weighted by Crippen LogP contribution is -2.52. The molecule has 0 spiro atoms. The number of hydrogen-bond acceptors (Lipinski definition) is 14. The second-order valence-electron chi connectivity index (χ2n) is 19.5. The number of carbonyl (C=O) groups excluding carboxylic acids is 6. The summed E-state index contributed by atoms with van der Waals surface area (Å²) in [5.41, 5.74) is 8.15. The van der Waals surface area contributed by atoms with Crippen molar-refractivity contribution < 1.29 is 43.0 Å². The average molecular weight is 1230 g/mol. The summed E-state index contributed by atoms with van der Waals surface area (Å²) >= 11 is 12.2. The fourth-order valence-corrected chi connectivity index (χ4v) is 12.5. The molecule has 0 aliphatic carbocycles. The van der Waals surface area contributed by atoms with E-state index in [-0.39, 0.29) is 59.8 Å². The molecule has 20 nitrogen and oxygen atoms in total. The first kappa shape index (κ1) is 61.7. The van der Waals surface area contributed by atoms with Gasteiger partial charge in [-0.1, -0.05) is 36.4 Å². The van der Waals surface area contributed by atoms with Gasteiger partial charge in [-0.05, 0) is 121 Å². The fraction of sp³-hybridized carbons (Fsp3) is 0.564. The van der Waals surface area contributed by atoms with Crippen LogP contribution in [0.2, 0.25) is 0 Å². The zero-order chi connectivity index (χ0) is 56.6. The van der Waals surface area contributed by atoms with Crippen LogP contribution in [0.15, 0.2) is 63.5 Å². The molecule has 0 bridgehead atoms. The van der Waals surface area contributed by atoms with E-state index in [1.165, 1.54) is 28.1 Å². The molecule has 428 valence electrons. The summed E-state index contributed by atoms with van der Waals surface area (Å²) in [5.74, 6) is 0.842. The van der Waals surface area contributed by atoms with Gasteiger partial charge in [0.05, 0.1) is 55.7 Å². The minimum atomic E-state index is -0.253. The monoisotopic (exact) mass is 1230 g/mol. The Bertz CT molecular complexity index is 2560. The Morgan fingerprint density at radius 3 is 1.65 bits per heavy atom. The van der Waals surface area contributed by atoms with E-state index in [9.17, 15) is 28.8 Å². The smallest absolute Gasteiger partial charge is 0.409 e. The fourth-order valence-electron chi connectivity index (χ4n) is 11.2. The third kappa shape index (κ3) is 14.4. The first-order chi connectivity index (χ1) is 37.6. The molecule has 6 atom stereocenters. The molecule has 5 N–H and O–H groups in total. The first-order valence-electron chi connectivity index (χ1n) is 26.9. The molecule has 0 saturated carbocycles. The number of fused-ring (bicyclic) bond motifs is 9. The Kier molecular flexibility index (Phi) is 23.4. The van der Waals surface area contributed by atoms with Gasteiger partial charge in [-0.2, -0.15) is 0 Å². The number of piperidine rings is 3. The van der Waals surface area contributed by atoms with Crippen molar-refractivity contribution in [3.63, 3.8) is 0 Å². The number of para-hydroxylation sites is 3. The Morgan fingerprint density at radius 2 is 1.13 bits per heavy atom. The molecule has 0 unspecified atom stereocenters. The Morgan fingerprint density at radius 1 is 0.641 bits per heavy atom. The van der Waals surface area contributed by atoms with Crippen molar-refractivity contribution in [2.75, 3.05) is 146 Å². The van der Waals surface area contributed by atoms with Crippen LogP contribution in [0.1, 0.15) is 74.5 Å². The predicted molar refractivity (Wildman–Crippen MR) is 312 cm³/mol. The van der Waals surface area contributed by atoms with Crippen LogP contribution in [-0.2, 0) is 28.6 Å². The lowest BCUT2D eigenvalue weighted by atomic mass is 9.89. The number of carbonyl (C=O) groups is 6. The highest BCUT2D eigenvalue weighted by Gasteiger charge is 2.48. The van der Waals surface area contributed by atoms with Crippen molar-refractivity contribution in [1.82, 2.24) is 36.0 Å². The molecular formula is C55H78Br2ClN11O9. The molecule has 78 heavy (non-hydrogen) atoms. The van der Waals surface area contributed by atoms with E-state index in [1.807, 2.05) is 77.1 Å². The highest BCUT2D eigenvalue weighted by molar-refractivity contribution is 9.11. The average Bonchev–Trinajstić information content (AvgIpc) is 4.23. The third-order valence-corrected chi connectivity index (χ3v) is 16.6. The number of likely N-dealkylation sites (tertiary alicyclic amines) is 3. The van der Waals surface area contributed by atoms with Crippen LogP contribution in [0.4, 0.5) is 37.1 Å². The van der Waals surface area contributed by atoms with E-state index in [1.54, 1.807) is 28.8 Å². The number of benzene rings is 3. The number of hydrogen-bond donors (Lipinski definition) is 5. The zero-order valence-corrected chi connectivity index (χ0v) is 50.1. The van der Waals surface area contributed by atoms with Gasteiger partial charge in [0.15, 0.2) is 0 Å². The summed E-state index contributed by atoms with van der Waals surface area (Å²) in [7, 11) is 8.92. The number of halogens is 3. The molecule has 7 aliphatic heterocycles. The van der Waals surface area contributed by atoms with Crippen LogP contribution in [0.3, 0.4) is 0 Å². The largest absolute Gasteiger partial charge is 0.450 e. The highest BCUT2D eigenvalue weighted by atomic mass is 79.9. The number of likely N-dealkylation sites (N-methyl/N-ethyl adjacent to an activating group) is 4. The molecular weight excluding hydrogens is 1150 g/mol. The van der Waals surface area contributed by atoms with Gasteiger partial charge < -0.3 is 70.2 Å². The van der Waals surface area contributed by atoms with Gasteiger partial charge >= 0.3 is 18.3 Å². The van der Waals surface area contributed by atoms with E-state index in [0.29, 0.717) is 77.1 Å². The van der Waals surface area contributed by atoms with Crippen molar-refractivity contribution in [2.24, 2.45) is 0 Å². The zero-order valence-electron chi connectivity index (χ0n) is 46.2. The van der Waals surface area contributed by atoms with Gasteiger partial charge in [0.1, 0.15) is 5.88 Å². The Balaban J connectivity index is 0.000000172. The van der Waals surface area contributed by atoms with Gasteiger partial charge in [0.25, 0.3) is 0 Å². The van der Waals surface area contributed by atoms with Crippen molar-refractivity contribution in [3.8, 4) is 0 Å². The molecule has 7 heterocycles. The molecule has 0 radical (unpaired) electrons. The minimum Gasteiger partial charge on any atom is -0.450 e. The van der Waals surface area contributed by atoms with Crippen LogP contribution in [0.25, 0.3) is 0 Å². The maximum atomic E-state index is 12.3. The maximum absolute atomic E-state index is 12.3. The van der Waals surface area contributed by atoms with E-state index < -0.39 is 0 Å². The molecule has 3 aromatic rings. The topological polar surface area (TPSA) is 210 Å². The summed E-state index contributed by atoms with van der Waals surface area (Å²) in [6, 6.07) is 19.4. The van der Waals surface area contributed by atoms with Gasteiger partial charge in [0, 0.05) is 118 Å². The van der Waals surface area contributed by atoms with Gasteiger partial charge in [-0.3, -0.25) is 14.4 Å². The van der Waals surface area contributed by atoms with Crippen molar-refractivity contribution in [1.29, 1.82) is 0 Å². The second-order valence-corrected chi connectivity index (χ2v) is 21.5. The number of amides is 6. The molecule has 10 rings (SSSR count). The SMILES string of the molecule is CCOC(=O)N1CC[C@@H]2Nc3c(Br)cccc3[C@@H]2C1.CCOC(=O)N1CC[C@H]2[C@@H](C1)c1cccc(Br)c1N2CC(=O)NC.CCOC(=O)N1CC[C@H]2[C@@H](C1)c1cccc3c1N2CC(=O)N3C.CNC(=O)CCl.CNCCNC. The minimum absolute atomic E-state index is 0.00910. The van der Waals surface area contributed by atoms with Gasteiger partial charge in [-0.25, -0.2) is 14.4 Å². The summed E-state index contributed by atoms with van der Waals surface area (Å²) in [5, 5.41) is 14.6. The van der Waals surface area contributed by atoms with Gasteiger partial charge in [-0.15, -0.1) is 11.6 Å². The van der Waals surface area contributed by atoms with Crippen molar-refractivity contribution in [3.05, 3.63) is 80.2 Å². The maximum Gasteiger partial charge on any atom is 0.409 e. The van der Waals surface area contributed by atoms with E-state index >= 15 is 0 Å². The summed E-state index contributed by atoms with van der Waals surface area (Å²) in [4.78, 5) is 81.7. The lowest BCUT2D eigenvalue weighted by molar-refractivity contribution is -0.119. The van der Waals surface area contributed by atoms with Crippen molar-refractivity contribution in [2.45, 2.75) is 75.9 Å². The highest BCUT2D eigenvalue weighted by Crippen LogP contribution is 2.51. The normalized spacial score (nSPS) is 21.4. The molecule has 0 aromatic heterocycles. The number of alkyl halides is 1. The third-order valence-electron chi connectivity index (χ3n) is 15.0. The number of anilines is 4. The van der Waals surface area contributed by atoms with E-state index in [0.717, 1.165) is 65.8 Å². The number of rotatable bonds is 9.